The molecule has 0 fully saturated rings. The smallest absolute Gasteiger partial charge is 0.174 e. The van der Waals surface area contributed by atoms with E-state index in [1.807, 2.05) is 6.92 Å². The maximum Gasteiger partial charge on any atom is 0.174 e. The summed E-state index contributed by atoms with van der Waals surface area (Å²) in [6.45, 7) is 8.66. The second-order valence-corrected chi connectivity index (χ2v) is 6.41. The minimum atomic E-state index is 0.739. The van der Waals surface area contributed by atoms with Gasteiger partial charge in [-0.3, -0.25) is 0 Å². The Morgan fingerprint density at radius 2 is 2.20 bits per heavy atom. The Hall–Kier alpha value is -0.130. The number of hydrogen-bond acceptors (Lipinski definition) is 5. The van der Waals surface area contributed by atoms with Crippen LogP contribution in [0.25, 0.3) is 0 Å². The lowest BCUT2D eigenvalue weighted by Gasteiger charge is -2.05. The number of thioether (sulfide) groups is 1. The highest BCUT2D eigenvalue weighted by Gasteiger charge is 2.00. The van der Waals surface area contributed by atoms with Crippen molar-refractivity contribution < 1.29 is 0 Å². The molecule has 86 valence electrons. The van der Waals surface area contributed by atoms with Crippen molar-refractivity contribution >= 4 is 23.1 Å². The Morgan fingerprint density at radius 3 is 2.80 bits per heavy atom. The normalized spacial score (nSPS) is 11.2. The van der Waals surface area contributed by atoms with Gasteiger partial charge in [-0.25, -0.2) is 0 Å². The van der Waals surface area contributed by atoms with E-state index in [2.05, 4.69) is 29.4 Å². The van der Waals surface area contributed by atoms with Gasteiger partial charge in [0.1, 0.15) is 5.01 Å². The van der Waals surface area contributed by atoms with Crippen molar-refractivity contribution in [2.45, 2.75) is 31.5 Å². The molecular formula is C10H19N3S2. The van der Waals surface area contributed by atoms with Gasteiger partial charge in [0.25, 0.3) is 0 Å². The highest BCUT2D eigenvalue weighted by atomic mass is 32.2. The van der Waals surface area contributed by atoms with E-state index in [0.717, 1.165) is 34.1 Å². The van der Waals surface area contributed by atoms with Crippen LogP contribution in [0.1, 0.15) is 25.3 Å². The van der Waals surface area contributed by atoms with Crippen molar-refractivity contribution in [3.8, 4) is 0 Å². The second kappa shape index (κ2) is 7.19. The van der Waals surface area contributed by atoms with Gasteiger partial charge < -0.3 is 5.32 Å². The highest BCUT2D eigenvalue weighted by Crippen LogP contribution is 2.21. The fraction of sp³-hybridized carbons (Fsp3) is 0.800. The van der Waals surface area contributed by atoms with Crippen LogP contribution in [0, 0.1) is 12.8 Å². The van der Waals surface area contributed by atoms with E-state index in [9.17, 15) is 0 Å². The van der Waals surface area contributed by atoms with Crippen LogP contribution in [0.3, 0.4) is 0 Å². The van der Waals surface area contributed by atoms with E-state index in [-0.39, 0.29) is 0 Å². The minimum absolute atomic E-state index is 0.739. The average Bonchev–Trinajstić information content (AvgIpc) is 2.57. The van der Waals surface area contributed by atoms with Crippen molar-refractivity contribution in [2.24, 2.45) is 5.92 Å². The van der Waals surface area contributed by atoms with E-state index in [0.29, 0.717) is 0 Å². The van der Waals surface area contributed by atoms with Gasteiger partial charge in [0.05, 0.1) is 0 Å². The molecule has 1 aromatic rings. The molecule has 1 rings (SSSR count). The zero-order chi connectivity index (χ0) is 11.1. The Labute approximate surface area is 100 Å². The molecule has 0 aliphatic carbocycles. The SMILES string of the molecule is Cc1nnc(SCCCNCC(C)C)s1. The molecule has 0 unspecified atom stereocenters. The third-order valence-electron chi connectivity index (χ3n) is 1.78. The molecule has 15 heavy (non-hydrogen) atoms. The van der Waals surface area contributed by atoms with Gasteiger partial charge in [-0.2, -0.15) is 0 Å². The van der Waals surface area contributed by atoms with Gasteiger partial charge in [-0.15, -0.1) is 10.2 Å². The molecule has 0 amide bonds. The quantitative estimate of drug-likeness (QED) is 0.592. The summed E-state index contributed by atoms with van der Waals surface area (Å²) in [5.74, 6) is 1.86. The fourth-order valence-electron chi connectivity index (χ4n) is 1.08. The van der Waals surface area contributed by atoms with Crippen LogP contribution in [0.15, 0.2) is 4.34 Å². The molecule has 0 spiro atoms. The summed E-state index contributed by atoms with van der Waals surface area (Å²) in [4.78, 5) is 0. The third kappa shape index (κ3) is 6.12. The molecule has 1 heterocycles. The van der Waals surface area contributed by atoms with Crippen molar-refractivity contribution in [1.29, 1.82) is 0 Å². The van der Waals surface area contributed by atoms with Crippen LogP contribution in [0.2, 0.25) is 0 Å². The van der Waals surface area contributed by atoms with Crippen LogP contribution < -0.4 is 5.32 Å². The van der Waals surface area contributed by atoms with Gasteiger partial charge in [-0.1, -0.05) is 36.9 Å². The number of aryl methyl sites for hydroxylation is 1. The maximum absolute atomic E-state index is 4.07. The molecular weight excluding hydrogens is 226 g/mol. The number of hydrogen-bond donors (Lipinski definition) is 1. The molecule has 0 bridgehead atoms. The molecule has 0 atom stereocenters. The molecule has 3 nitrogen and oxygen atoms in total. The van der Waals surface area contributed by atoms with Gasteiger partial charge in [0.15, 0.2) is 4.34 Å². The van der Waals surface area contributed by atoms with Gasteiger partial charge in [0, 0.05) is 5.75 Å². The zero-order valence-corrected chi connectivity index (χ0v) is 11.2. The van der Waals surface area contributed by atoms with Gasteiger partial charge in [-0.05, 0) is 32.4 Å². The van der Waals surface area contributed by atoms with E-state index in [1.54, 1.807) is 23.1 Å². The molecule has 0 saturated heterocycles. The van der Waals surface area contributed by atoms with Crippen LogP contribution in [-0.2, 0) is 0 Å². The first-order chi connectivity index (χ1) is 7.18. The molecule has 0 aliphatic rings. The molecule has 5 heteroatoms. The second-order valence-electron chi connectivity index (χ2n) is 3.89. The Balaban J connectivity index is 1.98. The topological polar surface area (TPSA) is 37.8 Å². The number of nitrogens with zero attached hydrogens (tertiary/aromatic N) is 2. The average molecular weight is 245 g/mol. The predicted molar refractivity (Wildman–Crippen MR) is 67.7 cm³/mol. The molecule has 0 aromatic carbocycles. The summed E-state index contributed by atoms with van der Waals surface area (Å²) in [5.41, 5.74) is 0. The Bertz CT molecular complexity index is 273. The monoisotopic (exact) mass is 245 g/mol. The Morgan fingerprint density at radius 1 is 1.40 bits per heavy atom. The summed E-state index contributed by atoms with van der Waals surface area (Å²) in [5, 5.41) is 12.5. The predicted octanol–water partition coefficient (Wildman–Crippen LogP) is 2.57. The third-order valence-corrected chi connectivity index (χ3v) is 3.84. The van der Waals surface area contributed by atoms with E-state index in [4.69, 9.17) is 0 Å². The minimum Gasteiger partial charge on any atom is -0.316 e. The maximum atomic E-state index is 4.07. The lowest BCUT2D eigenvalue weighted by atomic mass is 10.2. The first-order valence-corrected chi connectivity index (χ1v) is 7.12. The molecule has 0 saturated carbocycles. The van der Waals surface area contributed by atoms with Crippen molar-refractivity contribution in [3.05, 3.63) is 5.01 Å². The molecule has 1 aromatic heterocycles. The van der Waals surface area contributed by atoms with Crippen LogP contribution in [-0.4, -0.2) is 29.0 Å². The highest BCUT2D eigenvalue weighted by molar-refractivity contribution is 8.01. The van der Waals surface area contributed by atoms with Crippen molar-refractivity contribution in [2.75, 3.05) is 18.8 Å². The summed E-state index contributed by atoms with van der Waals surface area (Å²) in [6.07, 6.45) is 1.19. The number of nitrogens with one attached hydrogen (secondary N) is 1. The van der Waals surface area contributed by atoms with Crippen molar-refractivity contribution in [1.82, 2.24) is 15.5 Å². The first-order valence-electron chi connectivity index (χ1n) is 5.32. The van der Waals surface area contributed by atoms with Gasteiger partial charge in [0.2, 0.25) is 0 Å². The number of aromatic nitrogens is 2. The fourth-order valence-corrected chi connectivity index (χ4v) is 2.91. The Kier molecular flexibility index (Phi) is 6.20. The standard InChI is InChI=1S/C10H19N3S2/c1-8(2)7-11-5-4-6-14-10-13-12-9(3)15-10/h8,11H,4-7H2,1-3H3. The molecule has 0 aliphatic heterocycles. The lowest BCUT2D eigenvalue weighted by Crippen LogP contribution is -2.21. The van der Waals surface area contributed by atoms with E-state index < -0.39 is 0 Å². The largest absolute Gasteiger partial charge is 0.316 e. The first kappa shape index (κ1) is 12.9. The summed E-state index contributed by atoms with van der Waals surface area (Å²) < 4.78 is 1.09. The van der Waals surface area contributed by atoms with Crippen LogP contribution >= 0.6 is 23.1 Å². The zero-order valence-electron chi connectivity index (χ0n) is 9.62. The molecule has 0 radical (unpaired) electrons. The van der Waals surface area contributed by atoms with Crippen molar-refractivity contribution in [3.63, 3.8) is 0 Å². The van der Waals surface area contributed by atoms with E-state index >= 15 is 0 Å². The van der Waals surface area contributed by atoms with E-state index in [1.165, 1.54) is 6.42 Å². The summed E-state index contributed by atoms with van der Waals surface area (Å²) in [6, 6.07) is 0. The van der Waals surface area contributed by atoms with Crippen LogP contribution in [0.5, 0.6) is 0 Å². The summed E-state index contributed by atoms with van der Waals surface area (Å²) in [7, 11) is 0. The van der Waals surface area contributed by atoms with Crippen LogP contribution in [0.4, 0.5) is 0 Å². The van der Waals surface area contributed by atoms with Gasteiger partial charge >= 0.3 is 0 Å². The number of rotatable bonds is 7. The summed E-state index contributed by atoms with van der Waals surface area (Å²) >= 11 is 3.48. The molecule has 1 N–H and O–H groups in total. The lowest BCUT2D eigenvalue weighted by molar-refractivity contribution is 0.552.